The third-order valence-electron chi connectivity index (χ3n) is 2.34. The molecular formula is C11H14N2OS. The zero-order valence-corrected chi connectivity index (χ0v) is 9.89. The van der Waals surface area contributed by atoms with E-state index in [2.05, 4.69) is 24.1 Å². The Morgan fingerprint density at radius 2 is 2.27 bits per heavy atom. The van der Waals surface area contributed by atoms with Gasteiger partial charge in [0.1, 0.15) is 5.76 Å². The highest BCUT2D eigenvalue weighted by Gasteiger charge is 2.10. The van der Waals surface area contributed by atoms with Crippen molar-refractivity contribution in [3.8, 4) is 0 Å². The molecule has 80 valence electrons. The van der Waals surface area contributed by atoms with E-state index < -0.39 is 0 Å². The molecule has 0 bridgehead atoms. The quantitative estimate of drug-likeness (QED) is 0.863. The van der Waals surface area contributed by atoms with Gasteiger partial charge < -0.3 is 9.73 Å². The molecule has 0 amide bonds. The number of furan rings is 1. The maximum absolute atomic E-state index is 5.32. The molecule has 0 aromatic carbocycles. The Morgan fingerprint density at radius 3 is 2.80 bits per heavy atom. The van der Waals surface area contributed by atoms with Gasteiger partial charge in [0.2, 0.25) is 0 Å². The number of hydrogen-bond donors (Lipinski definition) is 1. The van der Waals surface area contributed by atoms with Crippen LogP contribution in [0.15, 0.2) is 22.8 Å². The summed E-state index contributed by atoms with van der Waals surface area (Å²) in [6, 6.07) is 4.02. The third-order valence-corrected chi connectivity index (χ3v) is 3.34. The number of aromatic nitrogens is 1. The van der Waals surface area contributed by atoms with Crippen LogP contribution in [0.4, 0.5) is 5.13 Å². The van der Waals surface area contributed by atoms with Crippen molar-refractivity contribution in [3.63, 3.8) is 0 Å². The van der Waals surface area contributed by atoms with Gasteiger partial charge in [0.05, 0.1) is 18.0 Å². The van der Waals surface area contributed by atoms with Crippen molar-refractivity contribution in [1.29, 1.82) is 0 Å². The molecule has 1 atom stereocenters. The zero-order chi connectivity index (χ0) is 10.8. The first-order valence-electron chi connectivity index (χ1n) is 4.91. The van der Waals surface area contributed by atoms with Gasteiger partial charge in [0.15, 0.2) is 5.13 Å². The van der Waals surface area contributed by atoms with Crippen LogP contribution in [0.1, 0.15) is 29.3 Å². The molecule has 0 saturated carbocycles. The van der Waals surface area contributed by atoms with Crippen LogP contribution in [0.3, 0.4) is 0 Å². The molecule has 3 nitrogen and oxygen atoms in total. The maximum Gasteiger partial charge on any atom is 0.183 e. The summed E-state index contributed by atoms with van der Waals surface area (Å²) in [6.07, 6.45) is 1.69. The Hall–Kier alpha value is -1.29. The van der Waals surface area contributed by atoms with Gasteiger partial charge in [-0.05, 0) is 32.9 Å². The summed E-state index contributed by atoms with van der Waals surface area (Å²) in [5.74, 6) is 0.931. The van der Waals surface area contributed by atoms with Crippen molar-refractivity contribution in [3.05, 3.63) is 34.7 Å². The second kappa shape index (κ2) is 4.06. The van der Waals surface area contributed by atoms with E-state index in [0.29, 0.717) is 0 Å². The summed E-state index contributed by atoms with van der Waals surface area (Å²) < 4.78 is 5.32. The van der Waals surface area contributed by atoms with Gasteiger partial charge >= 0.3 is 0 Å². The molecule has 0 radical (unpaired) electrons. The van der Waals surface area contributed by atoms with Crippen LogP contribution in [0, 0.1) is 13.8 Å². The molecule has 15 heavy (non-hydrogen) atoms. The second-order valence-electron chi connectivity index (χ2n) is 3.54. The Morgan fingerprint density at radius 1 is 1.47 bits per heavy atom. The van der Waals surface area contributed by atoms with E-state index in [4.69, 9.17) is 4.42 Å². The minimum Gasteiger partial charge on any atom is -0.467 e. The molecule has 0 aliphatic carbocycles. The van der Waals surface area contributed by atoms with Gasteiger partial charge in [-0.1, -0.05) is 0 Å². The first-order valence-corrected chi connectivity index (χ1v) is 5.72. The fraction of sp³-hybridized carbons (Fsp3) is 0.364. The van der Waals surface area contributed by atoms with E-state index in [1.165, 1.54) is 4.88 Å². The van der Waals surface area contributed by atoms with E-state index in [9.17, 15) is 0 Å². The summed E-state index contributed by atoms with van der Waals surface area (Å²) >= 11 is 1.68. The number of anilines is 1. The first-order chi connectivity index (χ1) is 7.16. The predicted octanol–water partition coefficient (Wildman–Crippen LogP) is 3.53. The van der Waals surface area contributed by atoms with Crippen molar-refractivity contribution >= 4 is 16.5 Å². The molecule has 0 fully saturated rings. The number of aryl methyl sites for hydroxylation is 2. The first kappa shape index (κ1) is 10.2. The van der Waals surface area contributed by atoms with Gasteiger partial charge in [-0.25, -0.2) is 4.98 Å². The Kier molecular flexibility index (Phi) is 2.77. The fourth-order valence-electron chi connectivity index (χ4n) is 1.33. The number of thiazole rings is 1. The molecule has 2 heterocycles. The molecule has 0 saturated heterocycles. The topological polar surface area (TPSA) is 38.1 Å². The number of nitrogens with one attached hydrogen (secondary N) is 1. The van der Waals surface area contributed by atoms with Crippen LogP contribution in [0.25, 0.3) is 0 Å². The maximum atomic E-state index is 5.32. The van der Waals surface area contributed by atoms with Crippen LogP contribution >= 0.6 is 11.3 Å². The van der Waals surface area contributed by atoms with E-state index in [-0.39, 0.29) is 6.04 Å². The van der Waals surface area contributed by atoms with Crippen molar-refractivity contribution in [2.45, 2.75) is 26.8 Å². The molecule has 2 aromatic rings. The minimum atomic E-state index is 0.157. The summed E-state index contributed by atoms with van der Waals surface area (Å²) in [5, 5.41) is 4.27. The van der Waals surface area contributed by atoms with Gasteiger partial charge in [-0.3, -0.25) is 0 Å². The van der Waals surface area contributed by atoms with E-state index in [0.717, 1.165) is 16.6 Å². The lowest BCUT2D eigenvalue weighted by Crippen LogP contribution is -2.04. The van der Waals surface area contributed by atoms with Crippen LogP contribution in [-0.2, 0) is 0 Å². The highest BCUT2D eigenvalue weighted by Crippen LogP contribution is 2.25. The van der Waals surface area contributed by atoms with Crippen LogP contribution in [-0.4, -0.2) is 4.98 Å². The highest BCUT2D eigenvalue weighted by atomic mass is 32.1. The molecule has 1 unspecified atom stereocenters. The van der Waals surface area contributed by atoms with Gasteiger partial charge in [0.25, 0.3) is 0 Å². The van der Waals surface area contributed by atoms with E-state index in [1.807, 2.05) is 19.1 Å². The van der Waals surface area contributed by atoms with Crippen molar-refractivity contribution < 1.29 is 4.42 Å². The summed E-state index contributed by atoms with van der Waals surface area (Å²) in [6.45, 7) is 6.16. The zero-order valence-electron chi connectivity index (χ0n) is 9.07. The molecule has 4 heteroatoms. The van der Waals surface area contributed by atoms with Crippen LogP contribution in [0.5, 0.6) is 0 Å². The standard InChI is InChI=1S/C11H14N2OS/c1-7-9(3)15-11(12-7)13-8(2)10-5-4-6-14-10/h4-6,8H,1-3H3,(H,12,13). The molecule has 1 N–H and O–H groups in total. The average Bonchev–Trinajstić information content (AvgIpc) is 2.77. The normalized spacial score (nSPS) is 12.7. The SMILES string of the molecule is Cc1nc(NC(C)c2ccco2)sc1C. The lowest BCUT2D eigenvalue weighted by Gasteiger charge is -2.09. The van der Waals surface area contributed by atoms with E-state index >= 15 is 0 Å². The van der Waals surface area contributed by atoms with Crippen LogP contribution < -0.4 is 5.32 Å². The molecule has 0 spiro atoms. The highest BCUT2D eigenvalue weighted by molar-refractivity contribution is 7.15. The smallest absolute Gasteiger partial charge is 0.183 e. The largest absolute Gasteiger partial charge is 0.467 e. The Bertz CT molecular complexity index is 414. The summed E-state index contributed by atoms with van der Waals surface area (Å²) in [4.78, 5) is 5.68. The Balaban J connectivity index is 2.09. The number of rotatable bonds is 3. The molecule has 0 aliphatic heterocycles. The lowest BCUT2D eigenvalue weighted by molar-refractivity contribution is 0.490. The van der Waals surface area contributed by atoms with Crippen molar-refractivity contribution in [2.75, 3.05) is 5.32 Å². The Labute approximate surface area is 93.2 Å². The third kappa shape index (κ3) is 2.21. The van der Waals surface area contributed by atoms with Crippen molar-refractivity contribution in [1.82, 2.24) is 4.98 Å². The molecular weight excluding hydrogens is 208 g/mol. The molecule has 2 rings (SSSR count). The number of hydrogen-bond acceptors (Lipinski definition) is 4. The lowest BCUT2D eigenvalue weighted by atomic mass is 10.3. The molecule has 2 aromatic heterocycles. The molecule has 0 aliphatic rings. The summed E-state index contributed by atoms with van der Waals surface area (Å²) in [5.41, 5.74) is 1.09. The van der Waals surface area contributed by atoms with Gasteiger partial charge in [0, 0.05) is 4.88 Å². The average molecular weight is 222 g/mol. The van der Waals surface area contributed by atoms with E-state index in [1.54, 1.807) is 17.6 Å². The number of nitrogens with zero attached hydrogens (tertiary/aromatic N) is 1. The van der Waals surface area contributed by atoms with Gasteiger partial charge in [-0.15, -0.1) is 11.3 Å². The minimum absolute atomic E-state index is 0.157. The monoisotopic (exact) mass is 222 g/mol. The van der Waals surface area contributed by atoms with Gasteiger partial charge in [-0.2, -0.15) is 0 Å². The fourth-order valence-corrected chi connectivity index (χ4v) is 2.23. The van der Waals surface area contributed by atoms with Crippen molar-refractivity contribution in [2.24, 2.45) is 0 Å². The van der Waals surface area contributed by atoms with Crippen LogP contribution in [0.2, 0.25) is 0 Å². The summed E-state index contributed by atoms with van der Waals surface area (Å²) in [7, 11) is 0. The second-order valence-corrected chi connectivity index (χ2v) is 4.75. The predicted molar refractivity (Wildman–Crippen MR) is 62.3 cm³/mol.